The van der Waals surface area contributed by atoms with Gasteiger partial charge in [0.25, 0.3) is 0 Å². The molecule has 0 spiro atoms. The summed E-state index contributed by atoms with van der Waals surface area (Å²) in [7, 11) is 0. The molecule has 3 N–H and O–H groups in total. The Hall–Kier alpha value is -1.60. The summed E-state index contributed by atoms with van der Waals surface area (Å²) in [5.41, 5.74) is 6.34. The summed E-state index contributed by atoms with van der Waals surface area (Å²) in [6.07, 6.45) is 0. The monoisotopic (exact) mass is 207 g/mol. The van der Waals surface area contributed by atoms with Gasteiger partial charge < -0.3 is 11.1 Å². The Labute approximate surface area is 88.7 Å². The topological polar surface area (TPSA) is 61.8 Å². The average Bonchev–Trinajstić information content (AvgIpc) is 2.20. The van der Waals surface area contributed by atoms with Crippen LogP contribution in [0.3, 0.4) is 0 Å². The first kappa shape index (κ1) is 11.5. The van der Waals surface area contributed by atoms with E-state index < -0.39 is 5.82 Å². The van der Waals surface area contributed by atoms with Crippen molar-refractivity contribution in [3.63, 3.8) is 0 Å². The second-order valence-electron chi connectivity index (χ2n) is 3.60. The highest BCUT2D eigenvalue weighted by atomic mass is 19.1. The van der Waals surface area contributed by atoms with Crippen LogP contribution in [0.2, 0.25) is 0 Å². The average molecular weight is 207 g/mol. The fourth-order valence-electron chi connectivity index (χ4n) is 1.08. The minimum atomic E-state index is -0.429. The number of nitrogens with one attached hydrogen (secondary N) is 1. The maximum Gasteiger partial charge on any atom is 0.147 e. The third kappa shape index (κ3) is 2.93. The number of halogens is 1. The minimum Gasteiger partial charge on any atom is -0.379 e. The summed E-state index contributed by atoms with van der Waals surface area (Å²) >= 11 is 0. The van der Waals surface area contributed by atoms with Gasteiger partial charge in [0.1, 0.15) is 5.82 Å². The highest BCUT2D eigenvalue weighted by molar-refractivity contribution is 5.49. The molecule has 0 aromatic heterocycles. The first-order valence-electron chi connectivity index (χ1n) is 4.76. The Bertz CT molecular complexity index is 382. The lowest BCUT2D eigenvalue weighted by molar-refractivity contribution is 0.607. The Balaban J connectivity index is 2.84. The Morgan fingerprint density at radius 2 is 2.13 bits per heavy atom. The smallest absolute Gasteiger partial charge is 0.147 e. The molecular formula is C11H14FN3. The van der Waals surface area contributed by atoms with Crippen LogP contribution < -0.4 is 11.1 Å². The number of nitriles is 1. The van der Waals surface area contributed by atoms with Gasteiger partial charge in [-0.3, -0.25) is 0 Å². The van der Waals surface area contributed by atoms with E-state index in [1.165, 1.54) is 6.07 Å². The number of nitrogens with zero attached hydrogens (tertiary/aromatic N) is 1. The number of rotatable bonds is 3. The first-order chi connectivity index (χ1) is 7.04. The van der Waals surface area contributed by atoms with E-state index >= 15 is 0 Å². The van der Waals surface area contributed by atoms with Crippen LogP contribution in [0.4, 0.5) is 10.1 Å². The van der Waals surface area contributed by atoms with Crippen LogP contribution in [0.1, 0.15) is 19.4 Å². The molecule has 0 bridgehead atoms. The van der Waals surface area contributed by atoms with Crippen LogP contribution in [0.5, 0.6) is 0 Å². The molecule has 1 aromatic rings. The molecule has 0 aliphatic rings. The van der Waals surface area contributed by atoms with Crippen LogP contribution in [0.15, 0.2) is 18.2 Å². The van der Waals surface area contributed by atoms with E-state index in [1.54, 1.807) is 12.1 Å². The molecule has 1 rings (SSSR count). The van der Waals surface area contributed by atoms with Crippen molar-refractivity contribution in [1.29, 1.82) is 5.26 Å². The zero-order chi connectivity index (χ0) is 11.4. The molecule has 0 heterocycles. The lowest BCUT2D eigenvalue weighted by Gasteiger charge is -2.19. The second-order valence-corrected chi connectivity index (χ2v) is 3.60. The standard InChI is InChI=1S/C11H14FN3/c1-7(14)8(2)15-11-4-3-9(6-13)5-10(11)12/h3-5,7-8,15H,14H2,1-2H3. The normalized spacial score (nSPS) is 14.1. The van der Waals surface area contributed by atoms with Crippen LogP contribution in [0, 0.1) is 17.1 Å². The van der Waals surface area contributed by atoms with Crippen molar-refractivity contribution >= 4 is 5.69 Å². The predicted octanol–water partition coefficient (Wildman–Crippen LogP) is 1.84. The number of anilines is 1. The minimum absolute atomic E-state index is 0.0209. The van der Waals surface area contributed by atoms with Gasteiger partial charge in [-0.1, -0.05) is 0 Å². The molecular weight excluding hydrogens is 193 g/mol. The van der Waals surface area contributed by atoms with Crippen LogP contribution in [-0.4, -0.2) is 12.1 Å². The molecule has 2 unspecified atom stereocenters. The molecule has 0 saturated heterocycles. The molecule has 15 heavy (non-hydrogen) atoms. The Morgan fingerprint density at radius 1 is 1.47 bits per heavy atom. The van der Waals surface area contributed by atoms with E-state index in [-0.39, 0.29) is 12.1 Å². The summed E-state index contributed by atoms with van der Waals surface area (Å²) in [6, 6.07) is 6.11. The number of hydrogen-bond acceptors (Lipinski definition) is 3. The Morgan fingerprint density at radius 3 is 2.60 bits per heavy atom. The molecule has 80 valence electrons. The highest BCUT2D eigenvalue weighted by Gasteiger charge is 2.10. The largest absolute Gasteiger partial charge is 0.379 e. The second kappa shape index (κ2) is 4.76. The summed E-state index contributed by atoms with van der Waals surface area (Å²) in [5.74, 6) is -0.429. The van der Waals surface area contributed by atoms with Crippen molar-refractivity contribution in [1.82, 2.24) is 0 Å². The number of benzene rings is 1. The van der Waals surface area contributed by atoms with Crippen molar-refractivity contribution in [2.75, 3.05) is 5.32 Å². The van der Waals surface area contributed by atoms with E-state index in [9.17, 15) is 4.39 Å². The lowest BCUT2D eigenvalue weighted by Crippen LogP contribution is -2.35. The fraction of sp³-hybridized carbons (Fsp3) is 0.364. The third-order valence-electron chi connectivity index (χ3n) is 2.27. The molecule has 0 saturated carbocycles. The van der Waals surface area contributed by atoms with E-state index in [4.69, 9.17) is 11.0 Å². The highest BCUT2D eigenvalue weighted by Crippen LogP contribution is 2.16. The molecule has 0 radical (unpaired) electrons. The lowest BCUT2D eigenvalue weighted by atomic mass is 10.1. The van der Waals surface area contributed by atoms with E-state index in [2.05, 4.69) is 5.32 Å². The molecule has 4 heteroatoms. The summed E-state index contributed by atoms with van der Waals surface area (Å²) < 4.78 is 13.4. The van der Waals surface area contributed by atoms with Gasteiger partial charge in [-0.15, -0.1) is 0 Å². The molecule has 0 aliphatic carbocycles. The zero-order valence-electron chi connectivity index (χ0n) is 8.79. The van der Waals surface area contributed by atoms with Crippen molar-refractivity contribution in [2.45, 2.75) is 25.9 Å². The summed E-state index contributed by atoms with van der Waals surface area (Å²) in [6.45, 7) is 3.72. The van der Waals surface area contributed by atoms with E-state index in [0.29, 0.717) is 11.3 Å². The zero-order valence-corrected chi connectivity index (χ0v) is 8.79. The molecule has 2 atom stereocenters. The first-order valence-corrected chi connectivity index (χ1v) is 4.76. The van der Waals surface area contributed by atoms with Gasteiger partial charge in [0.05, 0.1) is 17.3 Å². The summed E-state index contributed by atoms with van der Waals surface area (Å²) in [5, 5.41) is 11.5. The molecule has 0 aliphatic heterocycles. The van der Waals surface area contributed by atoms with Gasteiger partial charge >= 0.3 is 0 Å². The Kier molecular flexibility index (Phi) is 3.64. The predicted molar refractivity (Wildman–Crippen MR) is 57.8 cm³/mol. The molecule has 3 nitrogen and oxygen atoms in total. The maximum absolute atomic E-state index is 13.4. The SMILES string of the molecule is CC(N)C(C)Nc1ccc(C#N)cc1F. The van der Waals surface area contributed by atoms with Gasteiger partial charge in [0.2, 0.25) is 0 Å². The van der Waals surface area contributed by atoms with Crippen LogP contribution in [0.25, 0.3) is 0 Å². The van der Waals surface area contributed by atoms with Gasteiger partial charge in [0.15, 0.2) is 0 Å². The molecule has 1 aromatic carbocycles. The van der Waals surface area contributed by atoms with Crippen molar-refractivity contribution < 1.29 is 4.39 Å². The van der Waals surface area contributed by atoms with Crippen molar-refractivity contribution in [3.05, 3.63) is 29.6 Å². The van der Waals surface area contributed by atoms with Crippen LogP contribution >= 0.6 is 0 Å². The third-order valence-corrected chi connectivity index (χ3v) is 2.27. The quantitative estimate of drug-likeness (QED) is 0.795. The maximum atomic E-state index is 13.4. The number of hydrogen-bond donors (Lipinski definition) is 2. The van der Waals surface area contributed by atoms with Gasteiger partial charge in [-0.05, 0) is 32.0 Å². The van der Waals surface area contributed by atoms with Gasteiger partial charge in [0, 0.05) is 12.1 Å². The molecule has 0 fully saturated rings. The van der Waals surface area contributed by atoms with Gasteiger partial charge in [-0.2, -0.15) is 5.26 Å². The van der Waals surface area contributed by atoms with E-state index in [0.717, 1.165) is 0 Å². The fourth-order valence-corrected chi connectivity index (χ4v) is 1.08. The number of nitrogens with two attached hydrogens (primary N) is 1. The van der Waals surface area contributed by atoms with Gasteiger partial charge in [-0.25, -0.2) is 4.39 Å². The van der Waals surface area contributed by atoms with Crippen molar-refractivity contribution in [3.8, 4) is 6.07 Å². The van der Waals surface area contributed by atoms with Crippen LogP contribution in [-0.2, 0) is 0 Å². The van der Waals surface area contributed by atoms with E-state index in [1.807, 2.05) is 19.9 Å². The molecule has 0 amide bonds. The van der Waals surface area contributed by atoms with Crippen molar-refractivity contribution in [2.24, 2.45) is 5.73 Å². The summed E-state index contributed by atoms with van der Waals surface area (Å²) in [4.78, 5) is 0.